The smallest absolute Gasteiger partial charge is 0.175 e. The Balaban J connectivity index is 2.25. The molecule has 0 saturated carbocycles. The molecule has 2 N–H and O–H groups in total. The van der Waals surface area contributed by atoms with E-state index in [2.05, 4.69) is 15.5 Å². The van der Waals surface area contributed by atoms with Crippen LogP contribution in [0.15, 0.2) is 8.68 Å². The lowest BCUT2D eigenvalue weighted by atomic mass is 10.2. The molecular weight excluding hydrogens is 250 g/mol. The third kappa shape index (κ3) is 4.69. The van der Waals surface area contributed by atoms with Crippen molar-refractivity contribution in [2.75, 3.05) is 25.7 Å². The van der Waals surface area contributed by atoms with E-state index in [-0.39, 0.29) is 12.6 Å². The van der Waals surface area contributed by atoms with Gasteiger partial charge in [-0.1, -0.05) is 34.9 Å². The van der Waals surface area contributed by atoms with E-state index in [1.807, 2.05) is 13.3 Å². The molecular formula is C8H15N3OS3. The molecule has 0 aliphatic heterocycles. The molecule has 1 rings (SSSR count). The van der Waals surface area contributed by atoms with E-state index in [4.69, 9.17) is 5.11 Å². The molecule has 1 aromatic heterocycles. The predicted octanol–water partition coefficient (Wildman–Crippen LogP) is 1.32. The summed E-state index contributed by atoms with van der Waals surface area (Å²) in [4.78, 5) is 0. The standard InChI is InChI=1S/C8H15N3OS3/c1-9-6(5-12)3-4-14-8-11-10-7(13-2)15-8/h6,9,12H,3-5H2,1-2H3. The van der Waals surface area contributed by atoms with E-state index in [0.29, 0.717) is 0 Å². The van der Waals surface area contributed by atoms with Gasteiger partial charge in [0.15, 0.2) is 8.68 Å². The maximum absolute atomic E-state index is 8.96. The first kappa shape index (κ1) is 13.2. The number of hydrogen-bond acceptors (Lipinski definition) is 7. The molecule has 0 aromatic carbocycles. The van der Waals surface area contributed by atoms with E-state index in [9.17, 15) is 0 Å². The van der Waals surface area contributed by atoms with Crippen molar-refractivity contribution in [1.82, 2.24) is 15.5 Å². The molecule has 86 valence electrons. The maximum Gasteiger partial charge on any atom is 0.175 e. The molecule has 0 saturated heterocycles. The lowest BCUT2D eigenvalue weighted by molar-refractivity contribution is 0.246. The fourth-order valence-corrected chi connectivity index (χ4v) is 3.51. The van der Waals surface area contributed by atoms with Crippen LogP contribution in [0.5, 0.6) is 0 Å². The number of thioether (sulfide) groups is 2. The molecule has 0 aliphatic rings. The molecule has 1 atom stereocenters. The van der Waals surface area contributed by atoms with Gasteiger partial charge in [-0.05, 0) is 19.7 Å². The molecule has 0 amide bonds. The van der Waals surface area contributed by atoms with E-state index in [1.54, 1.807) is 34.9 Å². The topological polar surface area (TPSA) is 58.0 Å². The zero-order valence-electron chi connectivity index (χ0n) is 8.77. The highest BCUT2D eigenvalue weighted by molar-refractivity contribution is 8.02. The van der Waals surface area contributed by atoms with Crippen molar-refractivity contribution in [3.8, 4) is 0 Å². The van der Waals surface area contributed by atoms with Gasteiger partial charge in [-0.15, -0.1) is 10.2 Å². The van der Waals surface area contributed by atoms with Gasteiger partial charge in [-0.25, -0.2) is 0 Å². The highest BCUT2D eigenvalue weighted by Crippen LogP contribution is 2.27. The first-order chi connectivity index (χ1) is 7.30. The number of aromatic nitrogens is 2. The van der Waals surface area contributed by atoms with E-state index >= 15 is 0 Å². The van der Waals surface area contributed by atoms with E-state index in [1.165, 1.54) is 0 Å². The Labute approximate surface area is 102 Å². The second-order valence-electron chi connectivity index (χ2n) is 2.84. The van der Waals surface area contributed by atoms with Crippen molar-refractivity contribution < 1.29 is 5.11 Å². The summed E-state index contributed by atoms with van der Waals surface area (Å²) in [6.07, 6.45) is 2.93. The lowest BCUT2D eigenvalue weighted by Gasteiger charge is -2.10. The van der Waals surface area contributed by atoms with Crippen LogP contribution in [0, 0.1) is 0 Å². The van der Waals surface area contributed by atoms with Crippen LogP contribution < -0.4 is 5.32 Å². The average Bonchev–Trinajstić information content (AvgIpc) is 2.72. The molecule has 0 radical (unpaired) electrons. The highest BCUT2D eigenvalue weighted by atomic mass is 32.2. The number of likely N-dealkylation sites (N-methyl/N-ethyl adjacent to an activating group) is 1. The van der Waals surface area contributed by atoms with Crippen LogP contribution in [0.2, 0.25) is 0 Å². The Bertz CT molecular complexity index is 278. The maximum atomic E-state index is 8.96. The second-order valence-corrected chi connectivity index (χ2v) is 6.22. The molecule has 0 bridgehead atoms. The Morgan fingerprint density at radius 2 is 2.20 bits per heavy atom. The monoisotopic (exact) mass is 265 g/mol. The summed E-state index contributed by atoms with van der Waals surface area (Å²) in [6.45, 7) is 0.184. The van der Waals surface area contributed by atoms with Crippen LogP contribution in [0.4, 0.5) is 0 Å². The number of aliphatic hydroxyl groups is 1. The minimum atomic E-state index is 0.184. The van der Waals surface area contributed by atoms with Gasteiger partial charge in [0.05, 0.1) is 6.61 Å². The third-order valence-electron chi connectivity index (χ3n) is 1.88. The number of aliphatic hydroxyl groups excluding tert-OH is 1. The Morgan fingerprint density at radius 3 is 2.73 bits per heavy atom. The molecule has 7 heteroatoms. The predicted molar refractivity (Wildman–Crippen MR) is 67.0 cm³/mol. The summed E-state index contributed by atoms with van der Waals surface area (Å²) in [5.41, 5.74) is 0. The number of hydrogen-bond donors (Lipinski definition) is 2. The van der Waals surface area contributed by atoms with Crippen molar-refractivity contribution in [1.29, 1.82) is 0 Å². The zero-order chi connectivity index (χ0) is 11.1. The number of nitrogens with one attached hydrogen (secondary N) is 1. The largest absolute Gasteiger partial charge is 0.395 e. The normalized spacial score (nSPS) is 13.0. The van der Waals surface area contributed by atoms with Gasteiger partial charge in [-0.3, -0.25) is 0 Å². The van der Waals surface area contributed by atoms with Crippen LogP contribution in [0.25, 0.3) is 0 Å². The van der Waals surface area contributed by atoms with Crippen LogP contribution >= 0.6 is 34.9 Å². The van der Waals surface area contributed by atoms with Gasteiger partial charge >= 0.3 is 0 Å². The molecule has 4 nitrogen and oxygen atoms in total. The minimum absolute atomic E-state index is 0.184. The summed E-state index contributed by atoms with van der Waals surface area (Å²) >= 11 is 4.93. The highest BCUT2D eigenvalue weighted by Gasteiger charge is 2.06. The van der Waals surface area contributed by atoms with E-state index in [0.717, 1.165) is 20.9 Å². The van der Waals surface area contributed by atoms with Crippen LogP contribution in [-0.4, -0.2) is 47.0 Å². The number of rotatable bonds is 7. The molecule has 1 aromatic rings. The van der Waals surface area contributed by atoms with Gasteiger partial charge in [-0.2, -0.15) is 0 Å². The Kier molecular flexibility index (Phi) is 6.58. The summed E-state index contributed by atoms with van der Waals surface area (Å²) in [7, 11) is 1.86. The number of nitrogens with zero attached hydrogens (tertiary/aromatic N) is 2. The lowest BCUT2D eigenvalue weighted by Crippen LogP contribution is -2.29. The Morgan fingerprint density at radius 1 is 1.47 bits per heavy atom. The van der Waals surface area contributed by atoms with Gasteiger partial charge in [0.25, 0.3) is 0 Å². The molecule has 0 spiro atoms. The van der Waals surface area contributed by atoms with Crippen molar-refractivity contribution in [3.05, 3.63) is 0 Å². The van der Waals surface area contributed by atoms with Gasteiger partial charge in [0.2, 0.25) is 0 Å². The third-order valence-corrected chi connectivity index (χ3v) is 4.95. The first-order valence-corrected chi connectivity index (χ1v) is 7.61. The Hall–Kier alpha value is 0.180. The van der Waals surface area contributed by atoms with Crippen molar-refractivity contribution in [2.24, 2.45) is 0 Å². The van der Waals surface area contributed by atoms with Crippen LogP contribution in [0.1, 0.15) is 6.42 Å². The van der Waals surface area contributed by atoms with Gasteiger partial charge < -0.3 is 10.4 Å². The second kappa shape index (κ2) is 7.45. The van der Waals surface area contributed by atoms with Gasteiger partial charge in [0.1, 0.15) is 0 Å². The summed E-state index contributed by atoms with van der Waals surface area (Å²) in [5, 5.41) is 20.1. The molecule has 1 heterocycles. The fraction of sp³-hybridized carbons (Fsp3) is 0.750. The first-order valence-electron chi connectivity index (χ1n) is 4.58. The molecule has 1 unspecified atom stereocenters. The molecule has 15 heavy (non-hydrogen) atoms. The molecule has 0 aliphatic carbocycles. The van der Waals surface area contributed by atoms with Crippen molar-refractivity contribution >= 4 is 34.9 Å². The van der Waals surface area contributed by atoms with Crippen molar-refractivity contribution in [3.63, 3.8) is 0 Å². The fourth-order valence-electron chi connectivity index (χ4n) is 0.953. The SMILES string of the molecule is CNC(CO)CCSc1nnc(SC)s1. The van der Waals surface area contributed by atoms with Crippen LogP contribution in [0.3, 0.4) is 0 Å². The summed E-state index contributed by atoms with van der Waals surface area (Å²) in [6, 6.07) is 0.186. The zero-order valence-corrected chi connectivity index (χ0v) is 11.2. The average molecular weight is 265 g/mol. The van der Waals surface area contributed by atoms with E-state index < -0.39 is 0 Å². The summed E-state index contributed by atoms with van der Waals surface area (Å²) in [5.74, 6) is 0.953. The summed E-state index contributed by atoms with van der Waals surface area (Å²) < 4.78 is 2.01. The quantitative estimate of drug-likeness (QED) is 0.725. The molecule has 0 fully saturated rings. The van der Waals surface area contributed by atoms with Crippen molar-refractivity contribution in [2.45, 2.75) is 21.1 Å². The minimum Gasteiger partial charge on any atom is -0.395 e. The van der Waals surface area contributed by atoms with Crippen LogP contribution in [-0.2, 0) is 0 Å². The van der Waals surface area contributed by atoms with Gasteiger partial charge in [0, 0.05) is 11.8 Å².